The van der Waals surface area contributed by atoms with Crippen LogP contribution in [0.25, 0.3) is 10.9 Å². The molecule has 1 heterocycles. The van der Waals surface area contributed by atoms with Crippen molar-refractivity contribution in [3.63, 3.8) is 0 Å². The first-order valence-corrected chi connectivity index (χ1v) is 8.71. The topological polar surface area (TPSA) is 99.4 Å². The summed E-state index contributed by atoms with van der Waals surface area (Å²) in [5.74, 6) is 0. The van der Waals surface area contributed by atoms with E-state index < -0.39 is 5.60 Å². The fourth-order valence-corrected chi connectivity index (χ4v) is 3.10. The number of aliphatic imine (C=N–C) groups is 1. The summed E-state index contributed by atoms with van der Waals surface area (Å²) in [4.78, 5) is 4.88. The number of benzene rings is 1. The first kappa shape index (κ1) is 19.2. The van der Waals surface area contributed by atoms with Gasteiger partial charge in [-0.2, -0.15) is 5.26 Å². The van der Waals surface area contributed by atoms with Crippen LogP contribution in [0.2, 0.25) is 5.02 Å². The third-order valence-electron chi connectivity index (χ3n) is 3.33. The Hall–Kier alpha value is -2.14. The highest BCUT2D eigenvalue weighted by atomic mass is 35.5. The van der Waals surface area contributed by atoms with Gasteiger partial charge in [0, 0.05) is 31.0 Å². The fourth-order valence-electron chi connectivity index (χ4n) is 2.26. The molecule has 0 saturated heterocycles. The van der Waals surface area contributed by atoms with Crippen LogP contribution in [-0.2, 0) is 7.05 Å². The molecule has 1 aromatic heterocycles. The van der Waals surface area contributed by atoms with E-state index in [2.05, 4.69) is 15.8 Å². The molecule has 1 aromatic carbocycles. The molecule has 0 fully saturated rings. The molecule has 0 amide bonds. The normalized spacial score (nSPS) is 12.7. The fraction of sp³-hybridized carbons (Fsp3) is 0.294. The zero-order valence-electron chi connectivity index (χ0n) is 14.2. The lowest BCUT2D eigenvalue weighted by atomic mass is 10.1. The monoisotopic (exact) mass is 377 g/mol. The van der Waals surface area contributed by atoms with Crippen LogP contribution in [0.15, 0.2) is 34.4 Å². The highest BCUT2D eigenvalue weighted by Gasteiger charge is 2.14. The lowest BCUT2D eigenvalue weighted by Crippen LogP contribution is -2.22. The summed E-state index contributed by atoms with van der Waals surface area (Å²) in [7, 11) is 1.86. The Morgan fingerprint density at radius 3 is 2.88 bits per heavy atom. The number of hydrogen-bond donors (Lipinski definition) is 3. The van der Waals surface area contributed by atoms with E-state index in [-0.39, 0.29) is 6.54 Å². The predicted octanol–water partition coefficient (Wildman–Crippen LogP) is 3.41. The number of nitriles is 1. The van der Waals surface area contributed by atoms with E-state index in [0.29, 0.717) is 20.9 Å². The van der Waals surface area contributed by atoms with Crippen molar-refractivity contribution in [1.82, 2.24) is 4.57 Å². The number of anilines is 1. The molecule has 2 aromatic rings. The van der Waals surface area contributed by atoms with Gasteiger partial charge in [0.05, 0.1) is 38.8 Å². The number of aromatic nitrogens is 1. The molecule has 25 heavy (non-hydrogen) atoms. The number of aryl methyl sites for hydroxylation is 1. The highest BCUT2D eigenvalue weighted by Crippen LogP contribution is 2.35. The molecule has 2 rings (SSSR count). The lowest BCUT2D eigenvalue weighted by molar-refractivity contribution is 0.0906. The molecule has 0 aliphatic carbocycles. The van der Waals surface area contributed by atoms with Gasteiger partial charge in [0.2, 0.25) is 0 Å². The van der Waals surface area contributed by atoms with Gasteiger partial charge in [-0.15, -0.1) is 0 Å². The number of nitrogens with one attached hydrogen (secondary N) is 1. The van der Waals surface area contributed by atoms with Gasteiger partial charge in [-0.25, -0.2) is 0 Å². The van der Waals surface area contributed by atoms with Crippen LogP contribution in [-0.4, -0.2) is 28.0 Å². The molecule has 0 atom stereocenters. The van der Waals surface area contributed by atoms with Gasteiger partial charge < -0.3 is 20.1 Å². The van der Waals surface area contributed by atoms with Gasteiger partial charge >= 0.3 is 0 Å². The predicted molar refractivity (Wildman–Crippen MR) is 106 cm³/mol. The minimum atomic E-state index is -0.868. The van der Waals surface area contributed by atoms with Crippen molar-refractivity contribution in [1.29, 1.82) is 5.26 Å². The van der Waals surface area contributed by atoms with Crippen molar-refractivity contribution in [2.24, 2.45) is 17.8 Å². The molecule has 0 aliphatic heterocycles. The summed E-state index contributed by atoms with van der Waals surface area (Å²) in [6.07, 6.45) is 4.79. The van der Waals surface area contributed by atoms with Crippen LogP contribution in [0, 0.1) is 11.3 Å². The van der Waals surface area contributed by atoms with Gasteiger partial charge in [-0.1, -0.05) is 11.6 Å². The van der Waals surface area contributed by atoms with Crippen LogP contribution in [0.1, 0.15) is 19.4 Å². The Morgan fingerprint density at radius 2 is 2.28 bits per heavy atom. The van der Waals surface area contributed by atoms with E-state index in [4.69, 9.17) is 17.3 Å². The van der Waals surface area contributed by atoms with Crippen molar-refractivity contribution in [3.8, 4) is 6.07 Å². The standard InChI is InChI=1S/C17H20ClN5OS/c1-17(2,24)10-21-8-12(7-20)25-22-14-5-4-13(18)15-11(6-19)9-23(3)16(14)15/h4-5,7-9,22,24H,10,20H2,1-3H3/b12-7+,21-8?. The second-order valence-electron chi connectivity index (χ2n) is 6.14. The maximum Gasteiger partial charge on any atom is 0.101 e. The molecular weight excluding hydrogens is 358 g/mol. The van der Waals surface area contributed by atoms with Crippen molar-refractivity contribution < 1.29 is 5.11 Å². The molecule has 132 valence electrons. The number of nitrogens with two attached hydrogens (primary N) is 1. The summed E-state index contributed by atoms with van der Waals surface area (Å²) in [5.41, 5.74) is 6.93. The zero-order chi connectivity index (χ0) is 18.6. The van der Waals surface area contributed by atoms with E-state index in [1.807, 2.05) is 17.7 Å². The molecule has 8 heteroatoms. The number of hydrogen-bond acceptors (Lipinski definition) is 6. The summed E-state index contributed by atoms with van der Waals surface area (Å²) < 4.78 is 5.08. The largest absolute Gasteiger partial charge is 0.404 e. The first-order chi connectivity index (χ1) is 11.8. The lowest BCUT2D eigenvalue weighted by Gasteiger charge is -2.13. The summed E-state index contributed by atoms with van der Waals surface area (Å²) in [6, 6.07) is 5.76. The number of fused-ring (bicyclic) bond motifs is 1. The molecule has 0 radical (unpaired) electrons. The first-order valence-electron chi connectivity index (χ1n) is 7.51. The second kappa shape index (κ2) is 7.83. The zero-order valence-corrected chi connectivity index (χ0v) is 15.8. The average Bonchev–Trinajstić information content (AvgIpc) is 2.89. The molecular formula is C17H20ClN5OS. The van der Waals surface area contributed by atoms with E-state index in [9.17, 15) is 10.4 Å². The number of halogens is 1. The van der Waals surface area contributed by atoms with Crippen LogP contribution in [0.3, 0.4) is 0 Å². The van der Waals surface area contributed by atoms with Crippen molar-refractivity contribution >= 4 is 46.4 Å². The van der Waals surface area contributed by atoms with Crippen molar-refractivity contribution in [3.05, 3.63) is 40.0 Å². The van der Waals surface area contributed by atoms with Crippen LogP contribution in [0.4, 0.5) is 5.69 Å². The number of allylic oxidation sites excluding steroid dienone is 1. The Morgan fingerprint density at radius 1 is 1.56 bits per heavy atom. The molecule has 0 bridgehead atoms. The van der Waals surface area contributed by atoms with Crippen LogP contribution in [0.5, 0.6) is 0 Å². The minimum Gasteiger partial charge on any atom is -0.404 e. The molecule has 0 saturated carbocycles. The molecule has 0 unspecified atom stereocenters. The highest BCUT2D eigenvalue weighted by molar-refractivity contribution is 8.05. The summed E-state index contributed by atoms with van der Waals surface area (Å²) in [6.45, 7) is 3.65. The van der Waals surface area contributed by atoms with Crippen LogP contribution < -0.4 is 10.5 Å². The number of nitrogens with zero attached hydrogens (tertiary/aromatic N) is 3. The average molecular weight is 378 g/mol. The minimum absolute atomic E-state index is 0.277. The third kappa shape index (κ3) is 4.69. The molecule has 0 aliphatic rings. The van der Waals surface area contributed by atoms with Crippen molar-refractivity contribution in [2.75, 3.05) is 11.3 Å². The van der Waals surface area contributed by atoms with Crippen molar-refractivity contribution in [2.45, 2.75) is 19.4 Å². The van der Waals surface area contributed by atoms with E-state index in [0.717, 1.165) is 11.2 Å². The molecule has 4 N–H and O–H groups in total. The van der Waals surface area contributed by atoms with Crippen LogP contribution >= 0.6 is 23.5 Å². The van der Waals surface area contributed by atoms with Gasteiger partial charge in [-0.05, 0) is 37.9 Å². The smallest absolute Gasteiger partial charge is 0.101 e. The summed E-state index contributed by atoms with van der Waals surface area (Å²) in [5, 5.41) is 20.2. The second-order valence-corrected chi connectivity index (χ2v) is 7.43. The van der Waals surface area contributed by atoms with E-state index >= 15 is 0 Å². The quantitative estimate of drug-likeness (QED) is 0.529. The van der Waals surface area contributed by atoms with Gasteiger partial charge in [-0.3, -0.25) is 4.99 Å². The van der Waals surface area contributed by atoms with E-state index in [1.54, 1.807) is 32.3 Å². The Balaban J connectivity index is 2.22. The maximum atomic E-state index is 9.68. The molecule has 6 nitrogen and oxygen atoms in total. The number of aliphatic hydroxyl groups is 1. The summed E-state index contributed by atoms with van der Waals surface area (Å²) >= 11 is 7.54. The SMILES string of the molecule is Cn1cc(C#N)c2c(Cl)ccc(NS/C(C=NCC(C)(C)O)=C/N)c21. The third-order valence-corrected chi connectivity index (χ3v) is 4.45. The van der Waals surface area contributed by atoms with Gasteiger partial charge in [0.1, 0.15) is 6.07 Å². The Kier molecular flexibility index (Phi) is 6.01. The van der Waals surface area contributed by atoms with E-state index in [1.165, 1.54) is 18.1 Å². The number of rotatable bonds is 6. The van der Waals surface area contributed by atoms with Gasteiger partial charge in [0.15, 0.2) is 0 Å². The maximum absolute atomic E-state index is 9.68. The van der Waals surface area contributed by atoms with Gasteiger partial charge in [0.25, 0.3) is 0 Å². The Bertz CT molecular complexity index is 874. The Labute approximate surface area is 156 Å². The molecule has 0 spiro atoms.